The van der Waals surface area contributed by atoms with Crippen molar-refractivity contribution in [3.8, 4) is 0 Å². The molecule has 0 fully saturated rings. The van der Waals surface area contributed by atoms with E-state index in [0.717, 1.165) is 15.8 Å². The Morgan fingerprint density at radius 2 is 2.06 bits per heavy atom. The second-order valence-electron chi connectivity index (χ2n) is 3.62. The van der Waals surface area contributed by atoms with E-state index in [1.165, 1.54) is 5.56 Å². The number of anilines is 3. The highest BCUT2D eigenvalue weighted by Crippen LogP contribution is 2.26. The van der Waals surface area contributed by atoms with Gasteiger partial charge in [0.2, 0.25) is 0 Å². The molecule has 0 bridgehead atoms. The maximum Gasteiger partial charge on any atom is 0.0591 e. The van der Waals surface area contributed by atoms with Gasteiger partial charge in [0.05, 0.1) is 23.3 Å². The molecule has 0 aliphatic rings. The smallest absolute Gasteiger partial charge is 0.0591 e. The van der Waals surface area contributed by atoms with Crippen LogP contribution in [-0.2, 0) is 0 Å². The third-order valence-corrected chi connectivity index (χ3v) is 2.82. The Labute approximate surface area is 103 Å². The number of nitrogens with two attached hydrogens (primary N) is 1. The third-order valence-electron chi connectivity index (χ3n) is 2.16. The summed E-state index contributed by atoms with van der Waals surface area (Å²) in [4.78, 5) is 4.02. The van der Waals surface area contributed by atoms with Crippen molar-refractivity contribution in [2.24, 2.45) is 0 Å². The Balaban J connectivity index is 2.27. The van der Waals surface area contributed by atoms with Crippen molar-refractivity contribution < 1.29 is 0 Å². The van der Waals surface area contributed by atoms with E-state index in [1.54, 1.807) is 12.4 Å². The second-order valence-corrected chi connectivity index (χ2v) is 4.47. The summed E-state index contributed by atoms with van der Waals surface area (Å²) in [5, 5.41) is 3.25. The van der Waals surface area contributed by atoms with Crippen LogP contribution >= 0.6 is 15.9 Å². The van der Waals surface area contributed by atoms with Gasteiger partial charge in [0, 0.05) is 10.7 Å². The molecular formula is C12H12BrN3. The van der Waals surface area contributed by atoms with Gasteiger partial charge in [0.15, 0.2) is 0 Å². The van der Waals surface area contributed by atoms with Crippen LogP contribution in [0, 0.1) is 6.92 Å². The van der Waals surface area contributed by atoms with Crippen molar-refractivity contribution in [2.75, 3.05) is 11.1 Å². The van der Waals surface area contributed by atoms with E-state index in [9.17, 15) is 0 Å². The van der Waals surface area contributed by atoms with Gasteiger partial charge in [-0.3, -0.25) is 4.98 Å². The summed E-state index contributed by atoms with van der Waals surface area (Å²) in [7, 11) is 0. The lowest BCUT2D eigenvalue weighted by atomic mass is 10.2. The molecule has 0 amide bonds. The minimum absolute atomic E-state index is 0.647. The number of aryl methyl sites for hydroxylation is 1. The number of nitrogens with one attached hydrogen (secondary N) is 1. The van der Waals surface area contributed by atoms with Gasteiger partial charge in [0.1, 0.15) is 0 Å². The summed E-state index contributed by atoms with van der Waals surface area (Å²) < 4.78 is 1.02. The molecule has 2 rings (SSSR count). The molecule has 0 aliphatic carbocycles. The van der Waals surface area contributed by atoms with Crippen LogP contribution in [0.1, 0.15) is 5.56 Å². The zero-order valence-electron chi connectivity index (χ0n) is 8.87. The molecule has 0 radical (unpaired) electrons. The maximum absolute atomic E-state index is 5.66. The summed E-state index contributed by atoms with van der Waals surface area (Å²) in [6, 6.07) is 7.97. The molecule has 3 nitrogen and oxygen atoms in total. The zero-order valence-corrected chi connectivity index (χ0v) is 10.5. The Morgan fingerprint density at radius 3 is 2.75 bits per heavy atom. The molecule has 16 heavy (non-hydrogen) atoms. The van der Waals surface area contributed by atoms with Crippen LogP contribution in [0.4, 0.5) is 17.1 Å². The Hall–Kier alpha value is -1.55. The highest BCUT2D eigenvalue weighted by atomic mass is 79.9. The van der Waals surface area contributed by atoms with Crippen molar-refractivity contribution in [1.82, 2.24) is 4.98 Å². The Morgan fingerprint density at radius 1 is 1.25 bits per heavy atom. The molecule has 0 saturated heterocycles. The number of rotatable bonds is 2. The van der Waals surface area contributed by atoms with E-state index in [1.807, 2.05) is 18.2 Å². The first-order valence-electron chi connectivity index (χ1n) is 4.89. The minimum Gasteiger partial charge on any atom is -0.397 e. The van der Waals surface area contributed by atoms with Gasteiger partial charge in [-0.25, -0.2) is 0 Å². The number of pyridine rings is 1. The SMILES string of the molecule is Cc1ccc(Nc2cncc(N)c2)c(Br)c1. The molecular weight excluding hydrogens is 266 g/mol. The zero-order chi connectivity index (χ0) is 11.5. The normalized spacial score (nSPS) is 10.1. The molecule has 3 N–H and O–H groups in total. The van der Waals surface area contributed by atoms with Crippen LogP contribution in [0.2, 0.25) is 0 Å². The average molecular weight is 278 g/mol. The average Bonchev–Trinajstić information content (AvgIpc) is 2.22. The predicted octanol–water partition coefficient (Wildman–Crippen LogP) is 3.48. The molecule has 1 aromatic heterocycles. The predicted molar refractivity (Wildman–Crippen MR) is 70.8 cm³/mol. The summed E-state index contributed by atoms with van der Waals surface area (Å²) >= 11 is 3.51. The van der Waals surface area contributed by atoms with Gasteiger partial charge in [0.25, 0.3) is 0 Å². The standard InChI is InChI=1S/C12H12BrN3/c1-8-2-3-12(11(13)4-8)16-10-5-9(14)6-15-7-10/h2-7,16H,14H2,1H3. The first-order valence-corrected chi connectivity index (χ1v) is 5.68. The van der Waals surface area contributed by atoms with Gasteiger partial charge in [-0.2, -0.15) is 0 Å². The number of nitrogens with zero attached hydrogens (tertiary/aromatic N) is 1. The van der Waals surface area contributed by atoms with Gasteiger partial charge in [-0.05, 0) is 46.6 Å². The van der Waals surface area contributed by atoms with Crippen molar-refractivity contribution in [3.05, 3.63) is 46.7 Å². The molecule has 0 atom stereocenters. The highest BCUT2D eigenvalue weighted by molar-refractivity contribution is 9.10. The number of nitrogen functional groups attached to an aromatic ring is 1. The molecule has 1 heterocycles. The van der Waals surface area contributed by atoms with E-state index in [-0.39, 0.29) is 0 Å². The Kier molecular flexibility index (Phi) is 3.10. The lowest BCUT2D eigenvalue weighted by Gasteiger charge is -2.09. The molecule has 4 heteroatoms. The minimum atomic E-state index is 0.647. The number of aromatic nitrogens is 1. The largest absolute Gasteiger partial charge is 0.397 e. The van der Waals surface area contributed by atoms with E-state index < -0.39 is 0 Å². The van der Waals surface area contributed by atoms with Crippen LogP contribution in [-0.4, -0.2) is 4.98 Å². The van der Waals surface area contributed by atoms with E-state index in [2.05, 4.69) is 39.2 Å². The fraction of sp³-hybridized carbons (Fsp3) is 0.0833. The van der Waals surface area contributed by atoms with E-state index in [0.29, 0.717) is 5.69 Å². The van der Waals surface area contributed by atoms with E-state index in [4.69, 9.17) is 5.73 Å². The fourth-order valence-electron chi connectivity index (χ4n) is 1.40. The summed E-state index contributed by atoms with van der Waals surface area (Å²) in [6.45, 7) is 2.05. The van der Waals surface area contributed by atoms with Gasteiger partial charge in [-0.1, -0.05) is 6.07 Å². The molecule has 0 aliphatic heterocycles. The lowest BCUT2D eigenvalue weighted by molar-refractivity contribution is 1.32. The van der Waals surface area contributed by atoms with E-state index >= 15 is 0 Å². The molecule has 0 spiro atoms. The monoisotopic (exact) mass is 277 g/mol. The fourth-order valence-corrected chi connectivity index (χ4v) is 2.00. The number of hydrogen-bond donors (Lipinski definition) is 2. The molecule has 82 valence electrons. The molecule has 0 saturated carbocycles. The van der Waals surface area contributed by atoms with Gasteiger partial charge in [-0.15, -0.1) is 0 Å². The number of halogens is 1. The van der Waals surface area contributed by atoms with Crippen molar-refractivity contribution in [2.45, 2.75) is 6.92 Å². The molecule has 0 unspecified atom stereocenters. The van der Waals surface area contributed by atoms with Gasteiger partial charge < -0.3 is 11.1 Å². The van der Waals surface area contributed by atoms with Crippen molar-refractivity contribution in [3.63, 3.8) is 0 Å². The first kappa shape index (κ1) is 11.0. The first-order chi connectivity index (χ1) is 7.65. The lowest BCUT2D eigenvalue weighted by Crippen LogP contribution is -1.94. The number of benzene rings is 1. The van der Waals surface area contributed by atoms with Gasteiger partial charge >= 0.3 is 0 Å². The molecule has 2 aromatic rings. The second kappa shape index (κ2) is 4.53. The summed E-state index contributed by atoms with van der Waals surface area (Å²) in [5.41, 5.74) is 9.40. The summed E-state index contributed by atoms with van der Waals surface area (Å²) in [6.07, 6.45) is 3.36. The van der Waals surface area contributed by atoms with Crippen LogP contribution in [0.25, 0.3) is 0 Å². The number of hydrogen-bond acceptors (Lipinski definition) is 3. The summed E-state index contributed by atoms with van der Waals surface area (Å²) in [5.74, 6) is 0. The Bertz CT molecular complexity index is 511. The third kappa shape index (κ3) is 2.52. The molecule has 1 aromatic carbocycles. The highest BCUT2D eigenvalue weighted by Gasteiger charge is 2.00. The van der Waals surface area contributed by atoms with Crippen LogP contribution in [0.5, 0.6) is 0 Å². The van der Waals surface area contributed by atoms with Crippen LogP contribution in [0.3, 0.4) is 0 Å². The topological polar surface area (TPSA) is 50.9 Å². The van der Waals surface area contributed by atoms with Crippen LogP contribution < -0.4 is 11.1 Å². The quantitative estimate of drug-likeness (QED) is 0.884. The van der Waals surface area contributed by atoms with Crippen LogP contribution in [0.15, 0.2) is 41.1 Å². The van der Waals surface area contributed by atoms with Crippen molar-refractivity contribution in [1.29, 1.82) is 0 Å². The maximum atomic E-state index is 5.66. The van der Waals surface area contributed by atoms with Crippen molar-refractivity contribution >= 4 is 33.0 Å².